The standard InChI is InChI=1S/C65H114O6/c1-4-7-10-13-16-19-22-25-28-30-32-34-37-40-43-46-49-52-55-58-64(67)70-61-62(60-69-63(66)57-54-51-48-45-42-39-36-27-24-21-18-15-12-9-6-3)71-65(68)59-56-53-50-47-44-41-38-35-33-31-29-26-23-20-17-14-11-8-5-2/h7,10,16,18-19,21,24-25,27-28,31,33,62H,4-6,8-9,11-15,17,20,22-23,26,29-30,32,34-61H2,1-3H3/b10-7-,19-16-,21-18-,27-24-,28-25-,33-31-. The Hall–Kier alpha value is -3.15. The molecular weight excluding hydrogens is 877 g/mol. The van der Waals surface area contributed by atoms with Crippen molar-refractivity contribution in [1.29, 1.82) is 0 Å². The molecule has 0 aromatic carbocycles. The fourth-order valence-corrected chi connectivity index (χ4v) is 8.62. The molecule has 0 aromatic rings. The third kappa shape index (κ3) is 57.6. The smallest absolute Gasteiger partial charge is 0.306 e. The van der Waals surface area contributed by atoms with Crippen LogP contribution < -0.4 is 0 Å². The van der Waals surface area contributed by atoms with E-state index in [4.69, 9.17) is 14.2 Å². The van der Waals surface area contributed by atoms with E-state index >= 15 is 0 Å². The third-order valence-corrected chi connectivity index (χ3v) is 13.2. The minimum atomic E-state index is -0.786. The van der Waals surface area contributed by atoms with Crippen LogP contribution in [-0.2, 0) is 28.6 Å². The van der Waals surface area contributed by atoms with Crippen molar-refractivity contribution in [3.05, 3.63) is 72.9 Å². The lowest BCUT2D eigenvalue weighted by Gasteiger charge is -2.18. The maximum Gasteiger partial charge on any atom is 0.306 e. The quantitative estimate of drug-likeness (QED) is 0.0199. The highest BCUT2D eigenvalue weighted by Crippen LogP contribution is 2.16. The lowest BCUT2D eigenvalue weighted by Crippen LogP contribution is -2.30. The number of carbonyl (C=O) groups excluding carboxylic acids is 3. The molecule has 0 fully saturated rings. The second-order valence-electron chi connectivity index (χ2n) is 20.3. The monoisotopic (exact) mass is 991 g/mol. The summed E-state index contributed by atoms with van der Waals surface area (Å²) < 4.78 is 16.9. The van der Waals surface area contributed by atoms with Gasteiger partial charge in [0.05, 0.1) is 0 Å². The summed E-state index contributed by atoms with van der Waals surface area (Å²) in [7, 11) is 0. The summed E-state index contributed by atoms with van der Waals surface area (Å²) in [5.41, 5.74) is 0. The molecule has 0 aliphatic carbocycles. The second-order valence-corrected chi connectivity index (χ2v) is 20.3. The predicted octanol–water partition coefficient (Wildman–Crippen LogP) is 20.5. The van der Waals surface area contributed by atoms with Crippen molar-refractivity contribution in [2.45, 2.75) is 309 Å². The van der Waals surface area contributed by atoms with E-state index < -0.39 is 6.10 Å². The second kappa shape index (κ2) is 59.4. The molecule has 410 valence electrons. The molecule has 0 aliphatic heterocycles. The highest BCUT2D eigenvalue weighted by molar-refractivity contribution is 5.71. The molecule has 71 heavy (non-hydrogen) atoms. The third-order valence-electron chi connectivity index (χ3n) is 13.2. The molecule has 0 heterocycles. The van der Waals surface area contributed by atoms with Crippen LogP contribution in [0.25, 0.3) is 0 Å². The Kier molecular flexibility index (Phi) is 56.8. The molecular formula is C65H114O6. The molecule has 0 aromatic heterocycles. The van der Waals surface area contributed by atoms with Gasteiger partial charge in [-0.05, 0) is 103 Å². The molecule has 6 heteroatoms. The van der Waals surface area contributed by atoms with Gasteiger partial charge in [0.25, 0.3) is 0 Å². The van der Waals surface area contributed by atoms with E-state index in [1.54, 1.807) is 0 Å². The van der Waals surface area contributed by atoms with Crippen LogP contribution in [0.3, 0.4) is 0 Å². The van der Waals surface area contributed by atoms with Gasteiger partial charge in [-0.25, -0.2) is 0 Å². The van der Waals surface area contributed by atoms with Crippen LogP contribution >= 0.6 is 0 Å². The molecule has 6 nitrogen and oxygen atoms in total. The van der Waals surface area contributed by atoms with E-state index in [9.17, 15) is 14.4 Å². The van der Waals surface area contributed by atoms with Crippen LogP contribution in [0, 0.1) is 0 Å². The van der Waals surface area contributed by atoms with Gasteiger partial charge < -0.3 is 14.2 Å². The zero-order chi connectivity index (χ0) is 51.4. The zero-order valence-corrected chi connectivity index (χ0v) is 47.0. The predicted molar refractivity (Wildman–Crippen MR) is 307 cm³/mol. The van der Waals surface area contributed by atoms with Crippen molar-refractivity contribution in [3.63, 3.8) is 0 Å². The first kappa shape index (κ1) is 67.8. The van der Waals surface area contributed by atoms with Gasteiger partial charge in [-0.2, -0.15) is 0 Å². The fourth-order valence-electron chi connectivity index (χ4n) is 8.62. The molecule has 0 saturated carbocycles. The summed E-state index contributed by atoms with van der Waals surface area (Å²) in [5, 5.41) is 0. The highest BCUT2D eigenvalue weighted by atomic mass is 16.6. The minimum absolute atomic E-state index is 0.0829. The Morgan fingerprint density at radius 1 is 0.310 bits per heavy atom. The fraction of sp³-hybridized carbons (Fsp3) is 0.769. The molecule has 1 unspecified atom stereocenters. The van der Waals surface area contributed by atoms with Gasteiger partial charge in [-0.1, -0.05) is 254 Å². The van der Waals surface area contributed by atoms with Gasteiger partial charge in [-0.3, -0.25) is 14.4 Å². The molecule has 0 amide bonds. The van der Waals surface area contributed by atoms with E-state index in [0.29, 0.717) is 19.3 Å². The maximum absolute atomic E-state index is 12.9. The van der Waals surface area contributed by atoms with Gasteiger partial charge >= 0.3 is 17.9 Å². The van der Waals surface area contributed by atoms with Crippen molar-refractivity contribution in [2.24, 2.45) is 0 Å². The number of allylic oxidation sites excluding steroid dienone is 12. The Morgan fingerprint density at radius 3 is 0.986 bits per heavy atom. The average molecular weight is 992 g/mol. The number of esters is 3. The molecule has 0 rings (SSSR count). The van der Waals surface area contributed by atoms with Gasteiger partial charge in [0.1, 0.15) is 13.2 Å². The summed E-state index contributed by atoms with van der Waals surface area (Å²) in [5.74, 6) is -0.892. The Labute approximate surface area is 440 Å². The van der Waals surface area contributed by atoms with Crippen LogP contribution in [0.15, 0.2) is 72.9 Å². The zero-order valence-electron chi connectivity index (χ0n) is 47.0. The summed E-state index contributed by atoms with van der Waals surface area (Å²) in [6.07, 6.45) is 76.1. The van der Waals surface area contributed by atoms with Gasteiger partial charge in [-0.15, -0.1) is 0 Å². The lowest BCUT2D eigenvalue weighted by molar-refractivity contribution is -0.167. The van der Waals surface area contributed by atoms with E-state index in [1.807, 2.05) is 0 Å². The molecule has 0 bridgehead atoms. The molecule has 0 aliphatic rings. The summed E-state index contributed by atoms with van der Waals surface area (Å²) in [4.78, 5) is 38.3. The van der Waals surface area contributed by atoms with Crippen LogP contribution in [-0.4, -0.2) is 37.2 Å². The van der Waals surface area contributed by atoms with E-state index in [0.717, 1.165) is 83.5 Å². The van der Waals surface area contributed by atoms with Crippen LogP contribution in [0.5, 0.6) is 0 Å². The Balaban J connectivity index is 4.39. The topological polar surface area (TPSA) is 78.9 Å². The van der Waals surface area contributed by atoms with Crippen LogP contribution in [0.2, 0.25) is 0 Å². The van der Waals surface area contributed by atoms with Crippen LogP contribution in [0.1, 0.15) is 303 Å². The Morgan fingerprint density at radius 2 is 0.592 bits per heavy atom. The molecule has 1 atom stereocenters. The Bertz CT molecular complexity index is 1320. The van der Waals surface area contributed by atoms with Crippen molar-refractivity contribution in [3.8, 4) is 0 Å². The number of hydrogen-bond acceptors (Lipinski definition) is 6. The normalized spacial score (nSPS) is 12.5. The molecule has 0 saturated heterocycles. The minimum Gasteiger partial charge on any atom is -0.462 e. The first-order valence-electron chi connectivity index (χ1n) is 30.5. The summed E-state index contributed by atoms with van der Waals surface area (Å²) in [6.45, 7) is 6.51. The first-order chi connectivity index (χ1) is 35.0. The van der Waals surface area contributed by atoms with E-state index in [1.165, 1.54) is 180 Å². The molecule has 0 radical (unpaired) electrons. The summed E-state index contributed by atoms with van der Waals surface area (Å²) >= 11 is 0. The number of ether oxygens (including phenoxy) is 3. The van der Waals surface area contributed by atoms with Gasteiger partial charge in [0.15, 0.2) is 6.10 Å². The SMILES string of the molecule is CC/C=C\C/C=C\C/C=C\CCCCCCCCCCCC(=O)OCC(COC(=O)CCCCCCCC/C=C\C=C/CCCCC)OC(=O)CCCCCCCCC/C=C\CCCCCCCCCC. The largest absolute Gasteiger partial charge is 0.462 e. The van der Waals surface area contributed by atoms with E-state index in [-0.39, 0.29) is 31.1 Å². The maximum atomic E-state index is 12.9. The lowest BCUT2D eigenvalue weighted by atomic mass is 10.1. The number of unbranched alkanes of at least 4 members (excludes halogenated alkanes) is 33. The number of carbonyl (C=O) groups is 3. The molecule has 0 N–H and O–H groups in total. The van der Waals surface area contributed by atoms with Crippen molar-refractivity contribution >= 4 is 17.9 Å². The number of hydrogen-bond donors (Lipinski definition) is 0. The van der Waals surface area contributed by atoms with Crippen LogP contribution in [0.4, 0.5) is 0 Å². The summed E-state index contributed by atoms with van der Waals surface area (Å²) in [6, 6.07) is 0. The average Bonchev–Trinajstić information content (AvgIpc) is 3.37. The van der Waals surface area contributed by atoms with Gasteiger partial charge in [0.2, 0.25) is 0 Å². The van der Waals surface area contributed by atoms with Crippen molar-refractivity contribution in [1.82, 2.24) is 0 Å². The van der Waals surface area contributed by atoms with Gasteiger partial charge in [0, 0.05) is 19.3 Å². The van der Waals surface area contributed by atoms with Crippen molar-refractivity contribution < 1.29 is 28.6 Å². The molecule has 0 spiro atoms. The highest BCUT2D eigenvalue weighted by Gasteiger charge is 2.19. The number of rotatable bonds is 55. The van der Waals surface area contributed by atoms with Crippen molar-refractivity contribution in [2.75, 3.05) is 13.2 Å². The first-order valence-corrected chi connectivity index (χ1v) is 30.5. The van der Waals surface area contributed by atoms with E-state index in [2.05, 4.69) is 93.7 Å².